The molecule has 0 heterocycles. The topological polar surface area (TPSA) is 105 Å². The maximum absolute atomic E-state index is 11.5. The van der Waals surface area contributed by atoms with Gasteiger partial charge in [0.25, 0.3) is 5.69 Å². The molecule has 0 aliphatic carbocycles. The Morgan fingerprint density at radius 3 is 2.17 bits per heavy atom. The summed E-state index contributed by atoms with van der Waals surface area (Å²) in [6.07, 6.45) is 0.372. The van der Waals surface area contributed by atoms with E-state index in [2.05, 4.69) is 0 Å². The summed E-state index contributed by atoms with van der Waals surface area (Å²) in [4.78, 5) is 21.7. The van der Waals surface area contributed by atoms with Crippen molar-refractivity contribution < 1.29 is 19.2 Å². The number of nitrogens with two attached hydrogens (primary N) is 1. The van der Waals surface area contributed by atoms with Crippen LogP contribution in [0.2, 0.25) is 0 Å². The number of ether oxygens (including phenoxy) is 2. The van der Waals surface area contributed by atoms with E-state index >= 15 is 0 Å². The minimum atomic E-state index is -0.702. The summed E-state index contributed by atoms with van der Waals surface area (Å²) >= 11 is 0. The van der Waals surface area contributed by atoms with E-state index in [1.807, 2.05) is 0 Å². The number of carbonyl (C=O) groups is 1. The predicted molar refractivity (Wildman–Crippen MR) is 87.9 cm³/mol. The van der Waals surface area contributed by atoms with Crippen LogP contribution in [0.15, 0.2) is 48.5 Å². The van der Waals surface area contributed by atoms with Gasteiger partial charge in [-0.2, -0.15) is 0 Å². The molecule has 126 valence electrons. The lowest BCUT2D eigenvalue weighted by molar-refractivity contribution is -0.384. The summed E-state index contributed by atoms with van der Waals surface area (Å²) in [6, 6.07) is 12.2. The summed E-state index contributed by atoms with van der Waals surface area (Å²) in [6.45, 7) is 2.03. The number of benzene rings is 2. The molecule has 0 aromatic heterocycles. The van der Waals surface area contributed by atoms with Gasteiger partial charge in [-0.15, -0.1) is 0 Å². The number of non-ortho nitro benzene ring substituents is 1. The monoisotopic (exact) mass is 330 g/mol. The van der Waals surface area contributed by atoms with Crippen molar-refractivity contribution in [1.82, 2.24) is 0 Å². The molecule has 0 spiro atoms. The van der Waals surface area contributed by atoms with Gasteiger partial charge in [0, 0.05) is 12.1 Å². The Hall–Kier alpha value is -2.93. The fourth-order valence-corrected chi connectivity index (χ4v) is 2.05. The molecule has 7 heteroatoms. The molecule has 0 aliphatic heterocycles. The molecule has 0 fully saturated rings. The summed E-state index contributed by atoms with van der Waals surface area (Å²) in [5.41, 5.74) is 6.66. The smallest absolute Gasteiger partial charge is 0.323 e. The van der Waals surface area contributed by atoms with Gasteiger partial charge in [-0.05, 0) is 43.2 Å². The fourth-order valence-electron chi connectivity index (χ4n) is 2.05. The van der Waals surface area contributed by atoms with E-state index in [4.69, 9.17) is 15.2 Å². The van der Waals surface area contributed by atoms with Crippen molar-refractivity contribution in [2.24, 2.45) is 5.73 Å². The van der Waals surface area contributed by atoms with Crippen LogP contribution in [0.4, 0.5) is 5.69 Å². The van der Waals surface area contributed by atoms with Gasteiger partial charge in [0.15, 0.2) is 0 Å². The predicted octanol–water partition coefficient (Wildman–Crippen LogP) is 2.82. The Bertz CT molecular complexity index is 698. The number of nitro benzene ring substituents is 1. The van der Waals surface area contributed by atoms with Crippen LogP contribution < -0.4 is 10.5 Å². The van der Waals surface area contributed by atoms with Crippen LogP contribution in [0.3, 0.4) is 0 Å². The highest BCUT2D eigenvalue weighted by molar-refractivity contribution is 5.75. The van der Waals surface area contributed by atoms with Crippen molar-refractivity contribution in [1.29, 1.82) is 0 Å². The molecule has 2 rings (SSSR count). The fraction of sp³-hybridized carbons (Fsp3) is 0.235. The van der Waals surface area contributed by atoms with Crippen LogP contribution >= 0.6 is 0 Å². The molecule has 0 amide bonds. The Labute approximate surface area is 139 Å². The highest BCUT2D eigenvalue weighted by Crippen LogP contribution is 2.24. The zero-order chi connectivity index (χ0) is 17.5. The molecule has 0 saturated carbocycles. The lowest BCUT2D eigenvalue weighted by Gasteiger charge is -2.11. The molecular weight excluding hydrogens is 312 g/mol. The average molecular weight is 330 g/mol. The van der Waals surface area contributed by atoms with Gasteiger partial charge >= 0.3 is 5.97 Å². The van der Waals surface area contributed by atoms with Crippen molar-refractivity contribution in [3.05, 3.63) is 64.2 Å². The van der Waals surface area contributed by atoms with Crippen LogP contribution in [0.5, 0.6) is 11.5 Å². The third-order valence-electron chi connectivity index (χ3n) is 3.25. The van der Waals surface area contributed by atoms with Crippen LogP contribution in [0.1, 0.15) is 12.5 Å². The van der Waals surface area contributed by atoms with E-state index in [-0.39, 0.29) is 5.69 Å². The number of carbonyl (C=O) groups excluding carboxylic acids is 1. The number of hydrogen-bond acceptors (Lipinski definition) is 6. The lowest BCUT2D eigenvalue weighted by atomic mass is 10.1. The van der Waals surface area contributed by atoms with E-state index in [1.165, 1.54) is 24.3 Å². The maximum Gasteiger partial charge on any atom is 0.323 e. The molecule has 1 atom stereocenters. The van der Waals surface area contributed by atoms with E-state index < -0.39 is 16.9 Å². The number of esters is 1. The van der Waals surface area contributed by atoms with Gasteiger partial charge in [-0.25, -0.2) is 0 Å². The van der Waals surface area contributed by atoms with Crippen LogP contribution in [0, 0.1) is 10.1 Å². The standard InChI is InChI=1S/C17H18N2O5/c1-2-23-17(20)16(18)11-12-3-7-14(8-4-12)24-15-9-5-13(6-10-15)19(21)22/h3-10,16H,2,11,18H2,1H3. The third kappa shape index (κ3) is 4.79. The Morgan fingerprint density at radius 2 is 1.67 bits per heavy atom. The summed E-state index contributed by atoms with van der Waals surface area (Å²) in [5.74, 6) is 0.651. The number of nitrogens with zero attached hydrogens (tertiary/aromatic N) is 1. The van der Waals surface area contributed by atoms with E-state index in [0.29, 0.717) is 24.5 Å². The number of nitro groups is 1. The largest absolute Gasteiger partial charge is 0.465 e. The molecule has 0 saturated heterocycles. The van der Waals surface area contributed by atoms with E-state index in [1.54, 1.807) is 31.2 Å². The first-order valence-corrected chi connectivity index (χ1v) is 7.43. The second-order valence-corrected chi connectivity index (χ2v) is 5.06. The lowest BCUT2D eigenvalue weighted by Crippen LogP contribution is -2.34. The normalized spacial score (nSPS) is 11.6. The Kier molecular flexibility index (Phi) is 5.86. The first-order chi connectivity index (χ1) is 11.5. The number of rotatable bonds is 7. The third-order valence-corrected chi connectivity index (χ3v) is 3.25. The highest BCUT2D eigenvalue weighted by atomic mass is 16.6. The maximum atomic E-state index is 11.5. The van der Waals surface area contributed by atoms with Gasteiger partial charge in [0.1, 0.15) is 17.5 Å². The van der Waals surface area contributed by atoms with Crippen molar-refractivity contribution in [2.45, 2.75) is 19.4 Å². The van der Waals surface area contributed by atoms with Crippen molar-refractivity contribution in [3.8, 4) is 11.5 Å². The molecule has 24 heavy (non-hydrogen) atoms. The average Bonchev–Trinajstić information content (AvgIpc) is 2.57. The molecule has 0 radical (unpaired) electrons. The quantitative estimate of drug-likeness (QED) is 0.475. The minimum Gasteiger partial charge on any atom is -0.465 e. The number of hydrogen-bond donors (Lipinski definition) is 1. The molecule has 1 unspecified atom stereocenters. The van der Waals surface area contributed by atoms with Crippen LogP contribution in [-0.4, -0.2) is 23.5 Å². The van der Waals surface area contributed by atoms with Crippen LogP contribution in [0.25, 0.3) is 0 Å². The molecule has 2 N–H and O–H groups in total. The van der Waals surface area contributed by atoms with Gasteiger partial charge in [-0.1, -0.05) is 12.1 Å². The molecule has 2 aromatic carbocycles. The molecule has 7 nitrogen and oxygen atoms in total. The second kappa shape index (κ2) is 8.07. The summed E-state index contributed by atoms with van der Waals surface area (Å²) < 4.78 is 10.5. The first-order valence-electron chi connectivity index (χ1n) is 7.43. The SMILES string of the molecule is CCOC(=O)C(N)Cc1ccc(Oc2ccc([N+](=O)[O-])cc2)cc1. The molecular formula is C17H18N2O5. The van der Waals surface area contributed by atoms with Gasteiger partial charge in [0.05, 0.1) is 11.5 Å². The van der Waals surface area contributed by atoms with Crippen LogP contribution in [-0.2, 0) is 16.0 Å². The first kappa shape index (κ1) is 17.4. The van der Waals surface area contributed by atoms with Crippen molar-refractivity contribution in [3.63, 3.8) is 0 Å². The molecule has 0 bridgehead atoms. The minimum absolute atomic E-state index is 0.00523. The van der Waals surface area contributed by atoms with E-state index in [0.717, 1.165) is 5.56 Å². The van der Waals surface area contributed by atoms with Crippen molar-refractivity contribution >= 4 is 11.7 Å². The molecule has 0 aliphatic rings. The van der Waals surface area contributed by atoms with Gasteiger partial charge < -0.3 is 15.2 Å². The Morgan fingerprint density at radius 1 is 1.12 bits per heavy atom. The zero-order valence-electron chi connectivity index (χ0n) is 13.2. The Balaban J connectivity index is 1.96. The second-order valence-electron chi connectivity index (χ2n) is 5.06. The summed E-state index contributed by atoms with van der Waals surface area (Å²) in [5, 5.41) is 10.6. The van der Waals surface area contributed by atoms with Crippen molar-refractivity contribution in [2.75, 3.05) is 6.61 Å². The summed E-state index contributed by atoms with van der Waals surface area (Å²) in [7, 11) is 0. The highest BCUT2D eigenvalue weighted by Gasteiger charge is 2.15. The zero-order valence-corrected chi connectivity index (χ0v) is 13.2. The van der Waals surface area contributed by atoms with E-state index in [9.17, 15) is 14.9 Å². The molecule has 2 aromatic rings. The van der Waals surface area contributed by atoms with Gasteiger partial charge in [0.2, 0.25) is 0 Å². The van der Waals surface area contributed by atoms with Gasteiger partial charge in [-0.3, -0.25) is 14.9 Å².